The van der Waals surface area contributed by atoms with Crippen molar-refractivity contribution in [3.8, 4) is 5.69 Å². The molecule has 0 aliphatic carbocycles. The van der Waals surface area contributed by atoms with Crippen molar-refractivity contribution in [3.63, 3.8) is 0 Å². The molecule has 29 heavy (non-hydrogen) atoms. The predicted molar refractivity (Wildman–Crippen MR) is 112 cm³/mol. The van der Waals surface area contributed by atoms with Gasteiger partial charge in [-0.2, -0.15) is 5.10 Å². The summed E-state index contributed by atoms with van der Waals surface area (Å²) in [6.07, 6.45) is 1.55. The number of benzene rings is 2. The highest BCUT2D eigenvalue weighted by Crippen LogP contribution is 2.34. The Balaban J connectivity index is 1.86. The van der Waals surface area contributed by atoms with Crippen LogP contribution in [0.25, 0.3) is 16.7 Å². The van der Waals surface area contributed by atoms with Gasteiger partial charge < -0.3 is 4.57 Å². The third-order valence-corrected chi connectivity index (χ3v) is 5.19. The highest BCUT2D eigenvalue weighted by molar-refractivity contribution is 6.38. The minimum absolute atomic E-state index is 0.0884. The molecule has 0 unspecified atom stereocenters. The van der Waals surface area contributed by atoms with E-state index in [0.717, 1.165) is 11.1 Å². The monoisotopic (exact) mass is 428 g/mol. The SMILES string of the molecule is Cc1ccc(Cn2c(=O)ccc3c2cnn3-c2c(Cl)cc([N+](=O)[O-])cc2Cl)cc1. The highest BCUT2D eigenvalue weighted by atomic mass is 35.5. The Kier molecular flexibility index (Phi) is 4.86. The van der Waals surface area contributed by atoms with Gasteiger partial charge in [-0.25, -0.2) is 4.68 Å². The van der Waals surface area contributed by atoms with Crippen LogP contribution in [0.1, 0.15) is 11.1 Å². The fourth-order valence-electron chi connectivity index (χ4n) is 3.15. The van der Waals surface area contributed by atoms with Gasteiger partial charge in [0.1, 0.15) is 5.69 Å². The molecule has 0 radical (unpaired) electrons. The molecule has 0 amide bonds. The Morgan fingerprint density at radius 1 is 1.03 bits per heavy atom. The van der Waals surface area contributed by atoms with Gasteiger partial charge in [0.05, 0.1) is 38.7 Å². The van der Waals surface area contributed by atoms with E-state index in [1.807, 2.05) is 31.2 Å². The van der Waals surface area contributed by atoms with E-state index in [1.54, 1.807) is 16.8 Å². The van der Waals surface area contributed by atoms with Crippen LogP contribution >= 0.6 is 23.2 Å². The first-order valence-electron chi connectivity index (χ1n) is 8.62. The number of non-ortho nitro benzene ring substituents is 1. The summed E-state index contributed by atoms with van der Waals surface area (Å²) in [6.45, 7) is 2.38. The molecular weight excluding hydrogens is 415 g/mol. The Morgan fingerprint density at radius 3 is 2.31 bits per heavy atom. The molecule has 7 nitrogen and oxygen atoms in total. The van der Waals surface area contributed by atoms with Gasteiger partial charge in [-0.15, -0.1) is 0 Å². The fourth-order valence-corrected chi connectivity index (χ4v) is 3.78. The molecule has 4 aromatic rings. The molecule has 9 heteroatoms. The molecule has 0 saturated heterocycles. The van der Waals surface area contributed by atoms with E-state index >= 15 is 0 Å². The van der Waals surface area contributed by atoms with Crippen molar-refractivity contribution in [2.75, 3.05) is 0 Å². The van der Waals surface area contributed by atoms with E-state index in [9.17, 15) is 14.9 Å². The maximum atomic E-state index is 12.5. The minimum Gasteiger partial charge on any atom is -0.301 e. The summed E-state index contributed by atoms with van der Waals surface area (Å²) in [5.41, 5.74) is 3.25. The number of hydrogen-bond acceptors (Lipinski definition) is 4. The van der Waals surface area contributed by atoms with E-state index in [2.05, 4.69) is 5.10 Å². The molecule has 0 bridgehead atoms. The zero-order valence-electron chi connectivity index (χ0n) is 15.2. The number of hydrogen-bond donors (Lipinski definition) is 0. The number of halogens is 2. The lowest BCUT2D eigenvalue weighted by Gasteiger charge is -2.11. The molecule has 0 saturated carbocycles. The minimum atomic E-state index is -0.567. The zero-order chi connectivity index (χ0) is 20.7. The van der Waals surface area contributed by atoms with E-state index in [1.165, 1.54) is 22.9 Å². The number of pyridine rings is 1. The zero-order valence-corrected chi connectivity index (χ0v) is 16.7. The van der Waals surface area contributed by atoms with Crippen LogP contribution in [-0.4, -0.2) is 19.3 Å². The molecule has 2 heterocycles. The predicted octanol–water partition coefficient (Wildman–Crippen LogP) is 4.76. The third-order valence-electron chi connectivity index (χ3n) is 4.61. The first kappa shape index (κ1) is 19.2. The average molecular weight is 429 g/mol. The van der Waals surface area contributed by atoms with Crippen LogP contribution in [0.2, 0.25) is 10.0 Å². The van der Waals surface area contributed by atoms with Crippen molar-refractivity contribution in [3.05, 3.63) is 96.4 Å². The maximum absolute atomic E-state index is 12.5. The van der Waals surface area contributed by atoms with E-state index in [-0.39, 0.29) is 21.3 Å². The molecule has 0 fully saturated rings. The molecule has 2 aromatic heterocycles. The molecular formula is C20H14Cl2N4O3. The maximum Gasteiger partial charge on any atom is 0.272 e. The summed E-state index contributed by atoms with van der Waals surface area (Å²) in [4.78, 5) is 23.0. The van der Waals surface area contributed by atoms with Crippen LogP contribution < -0.4 is 5.56 Å². The number of fused-ring (bicyclic) bond motifs is 1. The number of rotatable bonds is 4. The van der Waals surface area contributed by atoms with Crippen molar-refractivity contribution in [1.29, 1.82) is 0 Å². The van der Waals surface area contributed by atoms with Crippen molar-refractivity contribution in [2.45, 2.75) is 13.5 Å². The number of nitro benzene ring substituents is 1. The Morgan fingerprint density at radius 2 is 1.69 bits per heavy atom. The quantitative estimate of drug-likeness (QED) is 0.346. The van der Waals surface area contributed by atoms with Gasteiger partial charge in [-0.3, -0.25) is 14.9 Å². The van der Waals surface area contributed by atoms with Crippen molar-refractivity contribution in [1.82, 2.24) is 14.3 Å². The summed E-state index contributed by atoms with van der Waals surface area (Å²) in [5, 5.41) is 15.5. The van der Waals surface area contributed by atoms with Crippen LogP contribution in [0.15, 0.2) is 59.5 Å². The summed E-state index contributed by atoms with van der Waals surface area (Å²) >= 11 is 12.5. The Hall–Kier alpha value is -3.16. The normalized spacial score (nSPS) is 11.1. The van der Waals surface area contributed by atoms with Crippen LogP contribution in [-0.2, 0) is 6.54 Å². The largest absolute Gasteiger partial charge is 0.301 e. The molecule has 0 atom stereocenters. The molecule has 0 spiro atoms. The number of aromatic nitrogens is 3. The van der Waals surface area contributed by atoms with Gasteiger partial charge >= 0.3 is 0 Å². The summed E-state index contributed by atoms with van der Waals surface area (Å²) in [7, 11) is 0. The fraction of sp³-hybridized carbons (Fsp3) is 0.100. The van der Waals surface area contributed by atoms with Gasteiger partial charge in [0, 0.05) is 18.2 Å². The molecule has 4 rings (SSSR count). The van der Waals surface area contributed by atoms with Crippen LogP contribution in [0.4, 0.5) is 5.69 Å². The second kappa shape index (κ2) is 7.35. The second-order valence-corrected chi connectivity index (χ2v) is 7.40. The highest BCUT2D eigenvalue weighted by Gasteiger charge is 2.19. The Bertz CT molecular complexity index is 1290. The lowest BCUT2D eigenvalue weighted by molar-refractivity contribution is -0.384. The van der Waals surface area contributed by atoms with E-state index in [0.29, 0.717) is 23.3 Å². The Labute approximate surface area is 174 Å². The van der Waals surface area contributed by atoms with Crippen LogP contribution in [0, 0.1) is 17.0 Å². The van der Waals surface area contributed by atoms with Crippen molar-refractivity contribution < 1.29 is 4.92 Å². The lowest BCUT2D eigenvalue weighted by atomic mass is 10.1. The van der Waals surface area contributed by atoms with E-state index in [4.69, 9.17) is 23.2 Å². The molecule has 2 aromatic carbocycles. The number of aryl methyl sites for hydroxylation is 1. The van der Waals surface area contributed by atoms with Gasteiger partial charge in [0.15, 0.2) is 0 Å². The molecule has 0 aliphatic heterocycles. The smallest absolute Gasteiger partial charge is 0.272 e. The van der Waals surface area contributed by atoms with Gasteiger partial charge in [0.2, 0.25) is 0 Å². The number of nitrogens with zero attached hydrogens (tertiary/aromatic N) is 4. The molecule has 146 valence electrons. The topological polar surface area (TPSA) is 83.0 Å². The summed E-state index contributed by atoms with van der Waals surface area (Å²) in [6, 6.07) is 13.4. The van der Waals surface area contributed by atoms with E-state index < -0.39 is 4.92 Å². The van der Waals surface area contributed by atoms with Crippen molar-refractivity contribution >= 4 is 39.9 Å². The number of nitro groups is 1. The summed E-state index contributed by atoms with van der Waals surface area (Å²) < 4.78 is 3.09. The van der Waals surface area contributed by atoms with Crippen LogP contribution in [0.5, 0.6) is 0 Å². The van der Waals surface area contributed by atoms with Crippen LogP contribution in [0.3, 0.4) is 0 Å². The first-order chi connectivity index (χ1) is 13.8. The van der Waals surface area contributed by atoms with Gasteiger partial charge in [-0.05, 0) is 18.6 Å². The standard InChI is InChI=1S/C20H14Cl2N4O3/c1-12-2-4-13(5-3-12)11-24-18-10-23-25(17(18)6-7-19(24)27)20-15(21)8-14(26(28)29)9-16(20)22/h2-10H,11H2,1H3. The molecule has 0 N–H and O–H groups in total. The van der Waals surface area contributed by atoms with Gasteiger partial charge in [0.25, 0.3) is 11.2 Å². The third kappa shape index (κ3) is 3.50. The average Bonchev–Trinajstić information content (AvgIpc) is 3.09. The summed E-state index contributed by atoms with van der Waals surface area (Å²) in [5.74, 6) is 0. The lowest BCUT2D eigenvalue weighted by Crippen LogP contribution is -2.19. The molecule has 0 aliphatic rings. The first-order valence-corrected chi connectivity index (χ1v) is 9.37. The van der Waals surface area contributed by atoms with Crippen molar-refractivity contribution in [2.24, 2.45) is 0 Å². The second-order valence-electron chi connectivity index (χ2n) is 6.59. The van der Waals surface area contributed by atoms with Gasteiger partial charge in [-0.1, -0.05) is 53.0 Å².